The highest BCUT2D eigenvalue weighted by atomic mass is 19.1. The molecule has 0 spiro atoms. The highest BCUT2D eigenvalue weighted by Gasteiger charge is 2.14. The van der Waals surface area contributed by atoms with Crippen molar-refractivity contribution < 1.29 is 18.3 Å². The lowest BCUT2D eigenvalue weighted by molar-refractivity contribution is 0.0455. The second kappa shape index (κ2) is 4.45. The highest BCUT2D eigenvalue weighted by molar-refractivity contribution is 5.84. The van der Waals surface area contributed by atoms with Gasteiger partial charge in [-0.25, -0.2) is 8.78 Å². The van der Waals surface area contributed by atoms with E-state index in [-0.39, 0.29) is 6.79 Å². The van der Waals surface area contributed by atoms with Gasteiger partial charge in [0.2, 0.25) is 0 Å². The number of ether oxygens (including phenoxy) is 2. The van der Waals surface area contributed by atoms with Gasteiger partial charge in [-0.05, 0) is 11.5 Å². The van der Waals surface area contributed by atoms with Crippen LogP contribution in [0.5, 0.6) is 5.75 Å². The SMILES string of the molecule is COCOc1c(F)cc2ccccc2c1F. The summed E-state index contributed by atoms with van der Waals surface area (Å²) in [6.07, 6.45) is 0. The van der Waals surface area contributed by atoms with Crippen molar-refractivity contribution in [1.82, 2.24) is 0 Å². The minimum Gasteiger partial charge on any atom is -0.461 e. The summed E-state index contributed by atoms with van der Waals surface area (Å²) in [5, 5.41) is 0.831. The van der Waals surface area contributed by atoms with E-state index in [4.69, 9.17) is 4.74 Å². The standard InChI is InChI=1S/C12H10F2O2/c1-15-7-16-12-10(13)6-8-4-2-3-5-9(8)11(12)14/h2-6H,7H2,1H3. The van der Waals surface area contributed by atoms with Crippen molar-refractivity contribution in [2.75, 3.05) is 13.9 Å². The Kier molecular flexibility index (Phi) is 3.01. The van der Waals surface area contributed by atoms with Gasteiger partial charge in [-0.15, -0.1) is 0 Å². The maximum Gasteiger partial charge on any atom is 0.194 e. The van der Waals surface area contributed by atoms with Crippen LogP contribution >= 0.6 is 0 Å². The molecule has 0 aliphatic carbocycles. The molecule has 2 aromatic carbocycles. The van der Waals surface area contributed by atoms with E-state index < -0.39 is 17.4 Å². The monoisotopic (exact) mass is 224 g/mol. The summed E-state index contributed by atoms with van der Waals surface area (Å²) in [6, 6.07) is 7.86. The van der Waals surface area contributed by atoms with Gasteiger partial charge in [-0.3, -0.25) is 0 Å². The third kappa shape index (κ3) is 1.84. The van der Waals surface area contributed by atoms with Gasteiger partial charge in [0.05, 0.1) is 0 Å². The topological polar surface area (TPSA) is 18.5 Å². The molecule has 0 saturated carbocycles. The summed E-state index contributed by atoms with van der Waals surface area (Å²) in [5.74, 6) is -1.83. The van der Waals surface area contributed by atoms with E-state index in [1.54, 1.807) is 24.3 Å². The zero-order valence-electron chi connectivity index (χ0n) is 8.67. The Morgan fingerprint density at radius 3 is 2.69 bits per heavy atom. The third-order valence-corrected chi connectivity index (χ3v) is 2.22. The van der Waals surface area contributed by atoms with Gasteiger partial charge < -0.3 is 9.47 Å². The molecule has 0 bridgehead atoms. The molecule has 0 unspecified atom stereocenters. The summed E-state index contributed by atoms with van der Waals surface area (Å²) < 4.78 is 36.8. The van der Waals surface area contributed by atoms with E-state index in [1.807, 2.05) is 0 Å². The maximum atomic E-state index is 13.8. The molecule has 2 rings (SSSR count). The molecule has 0 heterocycles. The molecule has 2 nitrogen and oxygen atoms in total. The van der Waals surface area contributed by atoms with Gasteiger partial charge in [-0.2, -0.15) is 0 Å². The van der Waals surface area contributed by atoms with Crippen LogP contribution in [0.25, 0.3) is 10.8 Å². The maximum absolute atomic E-state index is 13.8. The van der Waals surface area contributed by atoms with Gasteiger partial charge in [0.15, 0.2) is 24.2 Å². The fraction of sp³-hybridized carbons (Fsp3) is 0.167. The average molecular weight is 224 g/mol. The van der Waals surface area contributed by atoms with Crippen molar-refractivity contribution in [3.8, 4) is 5.75 Å². The zero-order valence-corrected chi connectivity index (χ0v) is 8.67. The van der Waals surface area contributed by atoms with Crippen molar-refractivity contribution in [1.29, 1.82) is 0 Å². The highest BCUT2D eigenvalue weighted by Crippen LogP contribution is 2.29. The Morgan fingerprint density at radius 1 is 1.19 bits per heavy atom. The van der Waals surface area contributed by atoms with E-state index in [0.29, 0.717) is 10.8 Å². The first-order valence-corrected chi connectivity index (χ1v) is 4.72. The van der Waals surface area contributed by atoms with Gasteiger partial charge in [0.1, 0.15) is 0 Å². The van der Waals surface area contributed by atoms with E-state index in [0.717, 1.165) is 0 Å². The molecule has 16 heavy (non-hydrogen) atoms. The molecule has 0 aliphatic heterocycles. The van der Waals surface area contributed by atoms with Crippen LogP contribution < -0.4 is 4.74 Å². The lowest BCUT2D eigenvalue weighted by atomic mass is 10.1. The second-order valence-electron chi connectivity index (χ2n) is 3.27. The lowest BCUT2D eigenvalue weighted by Crippen LogP contribution is -2.03. The average Bonchev–Trinajstić information content (AvgIpc) is 2.29. The molecule has 0 radical (unpaired) electrons. The first kappa shape index (κ1) is 10.8. The molecule has 0 aliphatic rings. The van der Waals surface area contributed by atoms with Gasteiger partial charge in [0.25, 0.3) is 0 Å². The molecule has 4 heteroatoms. The molecule has 0 atom stereocenters. The minimum absolute atomic E-state index is 0.188. The van der Waals surface area contributed by atoms with Crippen molar-refractivity contribution in [2.45, 2.75) is 0 Å². The number of fused-ring (bicyclic) bond motifs is 1. The number of halogens is 2. The predicted octanol–water partition coefficient (Wildman–Crippen LogP) is 3.10. The molecular weight excluding hydrogens is 214 g/mol. The fourth-order valence-corrected chi connectivity index (χ4v) is 1.50. The Labute approximate surface area is 91.4 Å². The molecule has 0 N–H and O–H groups in total. The molecule has 2 aromatic rings. The van der Waals surface area contributed by atoms with Crippen LogP contribution in [0.2, 0.25) is 0 Å². The molecule has 84 valence electrons. The van der Waals surface area contributed by atoms with Gasteiger partial charge in [-0.1, -0.05) is 24.3 Å². The molecule has 0 saturated heterocycles. The van der Waals surface area contributed by atoms with Crippen LogP contribution in [-0.4, -0.2) is 13.9 Å². The first-order chi connectivity index (χ1) is 7.74. The minimum atomic E-state index is -0.728. The van der Waals surface area contributed by atoms with Gasteiger partial charge in [0, 0.05) is 12.5 Å². The summed E-state index contributed by atoms with van der Waals surface area (Å²) in [4.78, 5) is 0. The van der Waals surface area contributed by atoms with Crippen molar-refractivity contribution in [2.24, 2.45) is 0 Å². The Morgan fingerprint density at radius 2 is 1.94 bits per heavy atom. The van der Waals surface area contributed by atoms with Crippen molar-refractivity contribution in [3.63, 3.8) is 0 Å². The van der Waals surface area contributed by atoms with E-state index in [2.05, 4.69) is 4.74 Å². The van der Waals surface area contributed by atoms with Crippen molar-refractivity contribution in [3.05, 3.63) is 42.0 Å². The first-order valence-electron chi connectivity index (χ1n) is 4.72. The molecular formula is C12H10F2O2. The fourth-order valence-electron chi connectivity index (χ4n) is 1.50. The summed E-state index contributed by atoms with van der Waals surface area (Å²) in [6.45, 7) is -0.188. The largest absolute Gasteiger partial charge is 0.461 e. The van der Waals surface area contributed by atoms with Crippen molar-refractivity contribution >= 4 is 10.8 Å². The number of hydrogen-bond donors (Lipinski definition) is 0. The number of benzene rings is 2. The van der Waals surface area contributed by atoms with E-state index in [1.165, 1.54) is 13.2 Å². The number of rotatable bonds is 3. The predicted molar refractivity (Wildman–Crippen MR) is 56.4 cm³/mol. The zero-order chi connectivity index (χ0) is 11.5. The molecule has 0 fully saturated rings. The number of methoxy groups -OCH3 is 1. The smallest absolute Gasteiger partial charge is 0.194 e. The van der Waals surface area contributed by atoms with Crippen LogP contribution in [-0.2, 0) is 4.74 Å². The van der Waals surface area contributed by atoms with Crippen LogP contribution in [0.3, 0.4) is 0 Å². The Balaban J connectivity index is 2.56. The third-order valence-electron chi connectivity index (χ3n) is 2.22. The Bertz CT molecular complexity index is 512. The lowest BCUT2D eigenvalue weighted by Gasteiger charge is -2.09. The summed E-state index contributed by atoms with van der Waals surface area (Å²) in [7, 11) is 1.39. The van der Waals surface area contributed by atoms with E-state index in [9.17, 15) is 8.78 Å². The quantitative estimate of drug-likeness (QED) is 0.746. The van der Waals surface area contributed by atoms with Crippen LogP contribution in [0.1, 0.15) is 0 Å². The van der Waals surface area contributed by atoms with Gasteiger partial charge >= 0.3 is 0 Å². The molecule has 0 aromatic heterocycles. The van der Waals surface area contributed by atoms with Crippen LogP contribution in [0.4, 0.5) is 8.78 Å². The normalized spacial score (nSPS) is 10.7. The molecule has 0 amide bonds. The van der Waals surface area contributed by atoms with Crippen LogP contribution in [0.15, 0.2) is 30.3 Å². The van der Waals surface area contributed by atoms with Crippen LogP contribution in [0, 0.1) is 11.6 Å². The Hall–Kier alpha value is -1.68. The second-order valence-corrected chi connectivity index (χ2v) is 3.27. The summed E-state index contributed by atoms with van der Waals surface area (Å²) in [5.41, 5.74) is 0. The summed E-state index contributed by atoms with van der Waals surface area (Å²) >= 11 is 0. The van der Waals surface area contributed by atoms with E-state index >= 15 is 0 Å². The number of hydrogen-bond acceptors (Lipinski definition) is 2.